The molecular weight excluding hydrogens is 396 g/mol. The quantitative estimate of drug-likeness (QED) is 0.564. The van der Waals surface area contributed by atoms with Crippen molar-refractivity contribution in [3.05, 3.63) is 40.7 Å². The molecule has 28 heavy (non-hydrogen) atoms. The lowest BCUT2D eigenvalue weighted by molar-refractivity contribution is -0.113. The average molecular weight is 417 g/mol. The fourth-order valence-corrected chi connectivity index (χ4v) is 4.28. The molecule has 8 nitrogen and oxygen atoms in total. The molecule has 1 N–H and O–H groups in total. The summed E-state index contributed by atoms with van der Waals surface area (Å²) in [5.41, 5.74) is 1.12. The maximum atomic E-state index is 12.2. The van der Waals surface area contributed by atoms with Crippen LogP contribution in [-0.2, 0) is 18.3 Å². The number of aromatic nitrogens is 5. The largest absolute Gasteiger partial charge is 0.497 e. The first-order chi connectivity index (χ1) is 13.6. The van der Waals surface area contributed by atoms with Gasteiger partial charge in [-0.05, 0) is 30.5 Å². The number of rotatable bonds is 8. The van der Waals surface area contributed by atoms with E-state index in [1.807, 2.05) is 35.9 Å². The summed E-state index contributed by atoms with van der Waals surface area (Å²) < 4.78 is 7.09. The van der Waals surface area contributed by atoms with Crippen molar-refractivity contribution in [3.8, 4) is 5.75 Å². The standard InChI is InChI=1S/C18H20N6O2S2/c1-24-14(9-11-3-7-13(26-2)8-4-11)20-23-18(24)27-10-15(25)19-17-22-21-16(28-17)12-5-6-12/h3-4,7-8,12H,5-6,9-10H2,1-2H3,(H,19,22,25). The Bertz CT molecular complexity index is 965. The van der Waals surface area contributed by atoms with E-state index in [9.17, 15) is 4.79 Å². The molecule has 0 spiro atoms. The molecule has 1 saturated carbocycles. The van der Waals surface area contributed by atoms with Crippen LogP contribution < -0.4 is 10.1 Å². The van der Waals surface area contributed by atoms with Crippen LogP contribution in [0.2, 0.25) is 0 Å². The summed E-state index contributed by atoms with van der Waals surface area (Å²) in [6.45, 7) is 0. The van der Waals surface area contributed by atoms with Crippen LogP contribution in [0.1, 0.15) is 35.2 Å². The van der Waals surface area contributed by atoms with Crippen molar-refractivity contribution >= 4 is 34.1 Å². The minimum absolute atomic E-state index is 0.122. The van der Waals surface area contributed by atoms with Crippen molar-refractivity contribution < 1.29 is 9.53 Å². The van der Waals surface area contributed by atoms with E-state index in [-0.39, 0.29) is 11.7 Å². The molecule has 0 bridgehead atoms. The molecule has 1 aromatic carbocycles. The molecular formula is C18H20N6O2S2. The Hall–Kier alpha value is -2.46. The zero-order chi connectivity index (χ0) is 19.5. The van der Waals surface area contributed by atoms with E-state index in [0.29, 0.717) is 22.6 Å². The Morgan fingerprint density at radius 1 is 1.25 bits per heavy atom. The van der Waals surface area contributed by atoms with E-state index in [1.54, 1.807) is 7.11 Å². The summed E-state index contributed by atoms with van der Waals surface area (Å²) in [4.78, 5) is 12.2. The number of nitrogens with zero attached hydrogens (tertiary/aromatic N) is 5. The van der Waals surface area contributed by atoms with Crippen LogP contribution in [-0.4, -0.2) is 43.7 Å². The summed E-state index contributed by atoms with van der Waals surface area (Å²) in [7, 11) is 3.56. The van der Waals surface area contributed by atoms with Gasteiger partial charge in [0.05, 0.1) is 12.9 Å². The van der Waals surface area contributed by atoms with Crippen LogP contribution in [0.25, 0.3) is 0 Å². The topological polar surface area (TPSA) is 94.8 Å². The van der Waals surface area contributed by atoms with E-state index in [1.165, 1.54) is 35.9 Å². The fourth-order valence-electron chi connectivity index (χ4n) is 2.62. The van der Waals surface area contributed by atoms with Crippen molar-refractivity contribution in [3.63, 3.8) is 0 Å². The molecule has 1 aliphatic carbocycles. The molecule has 0 unspecified atom stereocenters. The number of amides is 1. The van der Waals surface area contributed by atoms with Gasteiger partial charge in [0, 0.05) is 19.4 Å². The number of hydrogen-bond acceptors (Lipinski definition) is 8. The predicted octanol–water partition coefficient (Wildman–Crippen LogP) is 2.87. The van der Waals surface area contributed by atoms with Crippen LogP contribution in [0.15, 0.2) is 29.4 Å². The Labute approximate surface area is 170 Å². The zero-order valence-electron chi connectivity index (χ0n) is 15.6. The minimum atomic E-state index is -0.122. The molecule has 1 amide bonds. The van der Waals surface area contributed by atoms with Crippen molar-refractivity contribution in [2.24, 2.45) is 7.05 Å². The minimum Gasteiger partial charge on any atom is -0.497 e. The van der Waals surface area contributed by atoms with Gasteiger partial charge in [0.15, 0.2) is 5.16 Å². The molecule has 1 aliphatic rings. The number of hydrogen-bond donors (Lipinski definition) is 1. The number of benzene rings is 1. The first-order valence-corrected chi connectivity index (χ1v) is 10.7. The Balaban J connectivity index is 1.31. The highest BCUT2D eigenvalue weighted by Crippen LogP contribution is 2.42. The van der Waals surface area contributed by atoms with Crippen LogP contribution in [0.3, 0.4) is 0 Å². The molecule has 10 heteroatoms. The van der Waals surface area contributed by atoms with Gasteiger partial charge in [0.25, 0.3) is 0 Å². The normalized spacial score (nSPS) is 13.5. The molecule has 146 valence electrons. The lowest BCUT2D eigenvalue weighted by Crippen LogP contribution is -2.14. The van der Waals surface area contributed by atoms with Gasteiger partial charge in [-0.2, -0.15) is 0 Å². The summed E-state index contributed by atoms with van der Waals surface area (Å²) in [5.74, 6) is 2.32. The van der Waals surface area contributed by atoms with Gasteiger partial charge >= 0.3 is 0 Å². The number of methoxy groups -OCH3 is 1. The summed E-state index contributed by atoms with van der Waals surface area (Å²) in [6.07, 6.45) is 3.00. The van der Waals surface area contributed by atoms with Crippen molar-refractivity contribution in [1.29, 1.82) is 0 Å². The van der Waals surface area contributed by atoms with E-state index < -0.39 is 0 Å². The first kappa shape index (κ1) is 18.9. The van der Waals surface area contributed by atoms with Crippen LogP contribution in [0.4, 0.5) is 5.13 Å². The molecule has 3 aromatic rings. The highest BCUT2D eigenvalue weighted by atomic mass is 32.2. The van der Waals surface area contributed by atoms with E-state index >= 15 is 0 Å². The number of carbonyl (C=O) groups excluding carboxylic acids is 1. The van der Waals surface area contributed by atoms with Crippen LogP contribution >= 0.6 is 23.1 Å². The number of ether oxygens (including phenoxy) is 1. The Morgan fingerprint density at radius 3 is 2.75 bits per heavy atom. The molecule has 2 heterocycles. The third kappa shape index (κ3) is 4.50. The monoisotopic (exact) mass is 416 g/mol. The lowest BCUT2D eigenvalue weighted by Gasteiger charge is -2.05. The average Bonchev–Trinajstić information content (AvgIpc) is 3.37. The molecule has 0 radical (unpaired) electrons. The van der Waals surface area contributed by atoms with Crippen molar-refractivity contribution in [2.75, 3.05) is 18.2 Å². The number of thioether (sulfide) groups is 1. The van der Waals surface area contributed by atoms with E-state index in [4.69, 9.17) is 4.74 Å². The summed E-state index contributed by atoms with van der Waals surface area (Å²) in [5, 5.41) is 21.7. The van der Waals surface area contributed by atoms with E-state index in [2.05, 4.69) is 25.7 Å². The smallest absolute Gasteiger partial charge is 0.236 e. The SMILES string of the molecule is COc1ccc(Cc2nnc(SCC(=O)Nc3nnc(C4CC4)s3)n2C)cc1. The lowest BCUT2D eigenvalue weighted by atomic mass is 10.1. The highest BCUT2D eigenvalue weighted by molar-refractivity contribution is 7.99. The first-order valence-electron chi connectivity index (χ1n) is 8.89. The van der Waals surface area contributed by atoms with Crippen LogP contribution in [0, 0.1) is 0 Å². The maximum Gasteiger partial charge on any atom is 0.236 e. The molecule has 2 aromatic heterocycles. The molecule has 1 fully saturated rings. The van der Waals surface area contributed by atoms with E-state index in [0.717, 1.165) is 22.1 Å². The second-order valence-corrected chi connectivity index (χ2v) is 8.49. The fraction of sp³-hybridized carbons (Fsp3) is 0.389. The Kier molecular flexibility index (Phi) is 5.58. The van der Waals surface area contributed by atoms with Gasteiger partial charge in [0.2, 0.25) is 11.0 Å². The van der Waals surface area contributed by atoms with Gasteiger partial charge < -0.3 is 9.30 Å². The van der Waals surface area contributed by atoms with Gasteiger partial charge in [0.1, 0.15) is 16.6 Å². The van der Waals surface area contributed by atoms with Gasteiger partial charge in [-0.25, -0.2) is 0 Å². The molecule has 4 rings (SSSR count). The predicted molar refractivity (Wildman–Crippen MR) is 108 cm³/mol. The Morgan fingerprint density at radius 2 is 2.04 bits per heavy atom. The second-order valence-electron chi connectivity index (χ2n) is 6.54. The molecule has 0 aliphatic heterocycles. The third-order valence-electron chi connectivity index (χ3n) is 4.39. The third-order valence-corrected chi connectivity index (χ3v) is 6.41. The molecule has 0 atom stereocenters. The highest BCUT2D eigenvalue weighted by Gasteiger charge is 2.27. The summed E-state index contributed by atoms with van der Waals surface area (Å²) >= 11 is 2.81. The number of nitrogens with one attached hydrogen (secondary N) is 1. The van der Waals surface area contributed by atoms with Crippen molar-refractivity contribution in [1.82, 2.24) is 25.0 Å². The zero-order valence-corrected chi connectivity index (χ0v) is 17.2. The van der Waals surface area contributed by atoms with Gasteiger partial charge in [-0.3, -0.25) is 10.1 Å². The van der Waals surface area contributed by atoms with Crippen molar-refractivity contribution in [2.45, 2.75) is 30.3 Å². The van der Waals surface area contributed by atoms with Crippen LogP contribution in [0.5, 0.6) is 5.75 Å². The molecule has 0 saturated heterocycles. The van der Waals surface area contributed by atoms with Gasteiger partial charge in [-0.15, -0.1) is 20.4 Å². The maximum absolute atomic E-state index is 12.2. The number of anilines is 1. The number of carbonyl (C=O) groups is 1. The second kappa shape index (κ2) is 8.27. The van der Waals surface area contributed by atoms with Gasteiger partial charge in [-0.1, -0.05) is 35.2 Å². The summed E-state index contributed by atoms with van der Waals surface area (Å²) in [6, 6.07) is 7.86.